The number of carbonyl (C=O) groups is 1. The standard InChI is InChI=1S/C18H17NO4/c1-11-4-5-12-9-17(23-16(12)8-11)18(20)19-14-10-13(21-2)6-7-15(14)22-3/h4-10H,1-3H3,(H,19,20). The monoisotopic (exact) mass is 311 g/mol. The molecular formula is C18H17NO4. The van der Waals surface area contributed by atoms with Gasteiger partial charge in [-0.05, 0) is 36.8 Å². The number of carbonyl (C=O) groups excluding carboxylic acids is 1. The Morgan fingerprint density at radius 2 is 1.87 bits per heavy atom. The zero-order valence-corrected chi connectivity index (χ0v) is 13.2. The third kappa shape index (κ3) is 2.99. The Bertz CT molecular complexity index is 867. The maximum absolute atomic E-state index is 12.4. The molecular weight excluding hydrogens is 294 g/mol. The molecule has 118 valence electrons. The highest BCUT2D eigenvalue weighted by atomic mass is 16.5. The summed E-state index contributed by atoms with van der Waals surface area (Å²) in [6.07, 6.45) is 0. The van der Waals surface area contributed by atoms with Crippen molar-refractivity contribution in [3.05, 3.63) is 53.8 Å². The van der Waals surface area contributed by atoms with Crippen molar-refractivity contribution in [3.63, 3.8) is 0 Å². The number of hydrogen-bond acceptors (Lipinski definition) is 4. The minimum Gasteiger partial charge on any atom is -0.497 e. The fourth-order valence-corrected chi connectivity index (χ4v) is 2.35. The van der Waals surface area contributed by atoms with Crippen molar-refractivity contribution in [2.75, 3.05) is 19.5 Å². The van der Waals surface area contributed by atoms with Gasteiger partial charge in [-0.2, -0.15) is 0 Å². The van der Waals surface area contributed by atoms with Gasteiger partial charge in [-0.15, -0.1) is 0 Å². The molecule has 0 unspecified atom stereocenters. The molecule has 0 saturated carbocycles. The molecule has 3 aromatic rings. The SMILES string of the molecule is COc1ccc(OC)c(NC(=O)c2cc3ccc(C)cc3o2)c1. The molecule has 0 aliphatic rings. The predicted octanol–water partition coefficient (Wildman–Crippen LogP) is 4.01. The Labute approximate surface area is 133 Å². The van der Waals surface area contributed by atoms with E-state index < -0.39 is 0 Å². The van der Waals surface area contributed by atoms with Gasteiger partial charge in [0.1, 0.15) is 17.1 Å². The van der Waals surface area contributed by atoms with E-state index in [2.05, 4.69) is 5.32 Å². The summed E-state index contributed by atoms with van der Waals surface area (Å²) in [4.78, 5) is 12.4. The summed E-state index contributed by atoms with van der Waals surface area (Å²) in [7, 11) is 3.11. The van der Waals surface area contributed by atoms with Gasteiger partial charge in [0.25, 0.3) is 5.91 Å². The minimum atomic E-state index is -0.342. The van der Waals surface area contributed by atoms with Crippen LogP contribution in [0, 0.1) is 6.92 Å². The van der Waals surface area contributed by atoms with Crippen molar-refractivity contribution < 1.29 is 18.7 Å². The summed E-state index contributed by atoms with van der Waals surface area (Å²) in [5.74, 6) is 1.08. The molecule has 5 heteroatoms. The van der Waals surface area contributed by atoms with Crippen molar-refractivity contribution in [3.8, 4) is 11.5 Å². The lowest BCUT2D eigenvalue weighted by molar-refractivity contribution is 0.0998. The van der Waals surface area contributed by atoms with E-state index in [-0.39, 0.29) is 11.7 Å². The van der Waals surface area contributed by atoms with Gasteiger partial charge in [0.2, 0.25) is 0 Å². The number of benzene rings is 2. The first-order chi connectivity index (χ1) is 11.1. The molecule has 23 heavy (non-hydrogen) atoms. The number of furan rings is 1. The lowest BCUT2D eigenvalue weighted by atomic mass is 10.2. The Balaban J connectivity index is 1.91. The van der Waals surface area contributed by atoms with Crippen LogP contribution in [0.5, 0.6) is 11.5 Å². The minimum absolute atomic E-state index is 0.246. The lowest BCUT2D eigenvalue weighted by Gasteiger charge is -2.10. The molecule has 1 heterocycles. The molecule has 0 aliphatic heterocycles. The summed E-state index contributed by atoms with van der Waals surface area (Å²) < 4.78 is 16.1. The molecule has 5 nitrogen and oxygen atoms in total. The van der Waals surface area contributed by atoms with E-state index in [4.69, 9.17) is 13.9 Å². The largest absolute Gasteiger partial charge is 0.497 e. The Kier molecular flexibility index (Phi) is 3.93. The van der Waals surface area contributed by atoms with E-state index in [0.29, 0.717) is 22.8 Å². The highest BCUT2D eigenvalue weighted by molar-refractivity contribution is 6.05. The van der Waals surface area contributed by atoms with E-state index in [9.17, 15) is 4.79 Å². The smallest absolute Gasteiger partial charge is 0.291 e. The molecule has 0 spiro atoms. The summed E-state index contributed by atoms with van der Waals surface area (Å²) in [6, 6.07) is 12.7. The number of fused-ring (bicyclic) bond motifs is 1. The molecule has 0 atom stereocenters. The van der Waals surface area contributed by atoms with Gasteiger partial charge in [0.05, 0.1) is 19.9 Å². The summed E-state index contributed by atoms with van der Waals surface area (Å²) in [5, 5.41) is 3.68. The summed E-state index contributed by atoms with van der Waals surface area (Å²) in [6.45, 7) is 1.98. The molecule has 3 rings (SSSR count). The van der Waals surface area contributed by atoms with Crippen molar-refractivity contribution in [1.29, 1.82) is 0 Å². The van der Waals surface area contributed by atoms with Gasteiger partial charge in [-0.3, -0.25) is 4.79 Å². The van der Waals surface area contributed by atoms with E-state index >= 15 is 0 Å². The first-order valence-corrected chi connectivity index (χ1v) is 7.14. The maximum Gasteiger partial charge on any atom is 0.291 e. The molecule has 1 amide bonds. The molecule has 1 N–H and O–H groups in total. The molecule has 0 fully saturated rings. The van der Waals surface area contributed by atoms with Crippen molar-refractivity contribution in [1.82, 2.24) is 0 Å². The Morgan fingerprint density at radius 1 is 1.04 bits per heavy atom. The number of anilines is 1. The van der Waals surface area contributed by atoms with E-state index in [1.165, 1.54) is 0 Å². The van der Waals surface area contributed by atoms with Crippen molar-refractivity contribution in [2.24, 2.45) is 0 Å². The second kappa shape index (κ2) is 6.04. The van der Waals surface area contributed by atoms with Crippen LogP contribution in [-0.4, -0.2) is 20.1 Å². The normalized spacial score (nSPS) is 10.6. The zero-order chi connectivity index (χ0) is 16.4. The van der Waals surface area contributed by atoms with Gasteiger partial charge in [0, 0.05) is 11.5 Å². The van der Waals surface area contributed by atoms with Crippen LogP contribution < -0.4 is 14.8 Å². The third-order valence-electron chi connectivity index (χ3n) is 3.55. The fourth-order valence-electron chi connectivity index (χ4n) is 2.35. The van der Waals surface area contributed by atoms with E-state index in [1.807, 2.05) is 25.1 Å². The van der Waals surface area contributed by atoms with Gasteiger partial charge in [-0.25, -0.2) is 0 Å². The number of methoxy groups -OCH3 is 2. The van der Waals surface area contributed by atoms with Crippen LogP contribution in [0.3, 0.4) is 0 Å². The lowest BCUT2D eigenvalue weighted by Crippen LogP contribution is -2.11. The number of nitrogens with one attached hydrogen (secondary N) is 1. The molecule has 0 aliphatic carbocycles. The molecule has 0 saturated heterocycles. The van der Waals surface area contributed by atoms with Crippen LogP contribution in [0.25, 0.3) is 11.0 Å². The number of ether oxygens (including phenoxy) is 2. The zero-order valence-electron chi connectivity index (χ0n) is 13.2. The summed E-state index contributed by atoms with van der Waals surface area (Å²) in [5.41, 5.74) is 2.29. The molecule has 2 aromatic carbocycles. The topological polar surface area (TPSA) is 60.7 Å². The fraction of sp³-hybridized carbons (Fsp3) is 0.167. The molecule has 0 radical (unpaired) electrons. The van der Waals surface area contributed by atoms with E-state index in [1.54, 1.807) is 38.5 Å². The molecule has 1 aromatic heterocycles. The second-order valence-corrected chi connectivity index (χ2v) is 5.17. The van der Waals surface area contributed by atoms with Gasteiger partial charge in [0.15, 0.2) is 5.76 Å². The first-order valence-electron chi connectivity index (χ1n) is 7.14. The van der Waals surface area contributed by atoms with Crippen LogP contribution in [0.15, 0.2) is 46.9 Å². The highest BCUT2D eigenvalue weighted by Gasteiger charge is 2.15. The number of amides is 1. The number of rotatable bonds is 4. The predicted molar refractivity (Wildman–Crippen MR) is 88.5 cm³/mol. The van der Waals surface area contributed by atoms with Crippen LogP contribution in [-0.2, 0) is 0 Å². The Hall–Kier alpha value is -2.95. The third-order valence-corrected chi connectivity index (χ3v) is 3.55. The van der Waals surface area contributed by atoms with Crippen LogP contribution in [0.4, 0.5) is 5.69 Å². The average Bonchev–Trinajstić information content (AvgIpc) is 2.98. The van der Waals surface area contributed by atoms with Crippen LogP contribution in [0.1, 0.15) is 16.1 Å². The highest BCUT2D eigenvalue weighted by Crippen LogP contribution is 2.30. The Morgan fingerprint density at radius 3 is 2.61 bits per heavy atom. The van der Waals surface area contributed by atoms with Crippen LogP contribution >= 0.6 is 0 Å². The van der Waals surface area contributed by atoms with Crippen molar-refractivity contribution in [2.45, 2.75) is 6.92 Å². The first kappa shape index (κ1) is 15.0. The summed E-state index contributed by atoms with van der Waals surface area (Å²) >= 11 is 0. The van der Waals surface area contributed by atoms with Gasteiger partial charge in [-0.1, -0.05) is 12.1 Å². The maximum atomic E-state index is 12.4. The van der Waals surface area contributed by atoms with Gasteiger partial charge < -0.3 is 19.2 Å². The average molecular weight is 311 g/mol. The van der Waals surface area contributed by atoms with Gasteiger partial charge >= 0.3 is 0 Å². The van der Waals surface area contributed by atoms with E-state index in [0.717, 1.165) is 10.9 Å². The van der Waals surface area contributed by atoms with Crippen LogP contribution in [0.2, 0.25) is 0 Å². The quantitative estimate of drug-likeness (QED) is 0.791. The molecule has 0 bridgehead atoms. The second-order valence-electron chi connectivity index (χ2n) is 5.17. The van der Waals surface area contributed by atoms with Crippen molar-refractivity contribution >= 4 is 22.6 Å². The number of aryl methyl sites for hydroxylation is 1. The number of hydrogen-bond donors (Lipinski definition) is 1.